The predicted octanol–water partition coefficient (Wildman–Crippen LogP) is 2.33. The maximum atomic E-state index is 13.6. The van der Waals surface area contributed by atoms with E-state index in [4.69, 9.17) is 4.74 Å². The molecule has 5 nitrogen and oxygen atoms in total. The number of amides is 1. The zero-order valence-electron chi connectivity index (χ0n) is 16.0. The van der Waals surface area contributed by atoms with E-state index in [9.17, 15) is 9.18 Å². The maximum absolute atomic E-state index is 13.6. The van der Waals surface area contributed by atoms with Gasteiger partial charge in [-0.05, 0) is 69.6 Å². The fourth-order valence-electron chi connectivity index (χ4n) is 4.72. The van der Waals surface area contributed by atoms with Crippen LogP contribution in [0.5, 0.6) is 0 Å². The Morgan fingerprint density at radius 2 is 1.78 bits per heavy atom. The third-order valence-corrected chi connectivity index (χ3v) is 6.25. The largest absolute Gasteiger partial charge is 0.371 e. The Labute approximate surface area is 160 Å². The topological polar surface area (TPSA) is 44.8 Å². The summed E-state index contributed by atoms with van der Waals surface area (Å²) in [5, 5.41) is 3.38. The molecule has 0 bridgehead atoms. The minimum Gasteiger partial charge on any atom is -0.371 e. The van der Waals surface area contributed by atoms with Gasteiger partial charge in [0, 0.05) is 13.1 Å². The molecule has 0 aromatic heterocycles. The van der Waals surface area contributed by atoms with Gasteiger partial charge in [-0.3, -0.25) is 9.69 Å². The molecule has 1 amide bonds. The molecule has 1 N–H and O–H groups in total. The summed E-state index contributed by atoms with van der Waals surface area (Å²) >= 11 is 0. The first-order valence-corrected chi connectivity index (χ1v) is 10.3. The lowest BCUT2D eigenvalue weighted by molar-refractivity contribution is -0.160. The molecule has 4 rings (SSSR count). The van der Waals surface area contributed by atoms with Crippen molar-refractivity contribution in [2.75, 3.05) is 45.9 Å². The second-order valence-electron chi connectivity index (χ2n) is 8.09. The lowest BCUT2D eigenvalue weighted by Gasteiger charge is -2.46. The molecule has 0 saturated carbocycles. The SMILES string of the molecule is O=C(C(c1ccc(F)cc1)N1CCCCC1)N1CCOC2(CCNCC2)C1. The van der Waals surface area contributed by atoms with Gasteiger partial charge in [0.25, 0.3) is 0 Å². The van der Waals surface area contributed by atoms with Crippen LogP contribution in [0.1, 0.15) is 43.7 Å². The molecule has 1 unspecified atom stereocenters. The van der Waals surface area contributed by atoms with Crippen LogP contribution in [0.25, 0.3) is 0 Å². The summed E-state index contributed by atoms with van der Waals surface area (Å²) in [6.45, 7) is 5.63. The van der Waals surface area contributed by atoms with Gasteiger partial charge < -0.3 is 15.0 Å². The number of benzene rings is 1. The first kappa shape index (κ1) is 18.8. The number of carbonyl (C=O) groups is 1. The van der Waals surface area contributed by atoms with Gasteiger partial charge in [-0.1, -0.05) is 18.6 Å². The van der Waals surface area contributed by atoms with E-state index in [1.807, 2.05) is 4.90 Å². The van der Waals surface area contributed by atoms with Crippen molar-refractivity contribution in [3.8, 4) is 0 Å². The van der Waals surface area contributed by atoms with E-state index in [2.05, 4.69) is 10.2 Å². The van der Waals surface area contributed by atoms with Crippen LogP contribution in [0.15, 0.2) is 24.3 Å². The molecule has 3 saturated heterocycles. The van der Waals surface area contributed by atoms with Gasteiger partial charge in [-0.2, -0.15) is 0 Å². The quantitative estimate of drug-likeness (QED) is 0.881. The highest BCUT2D eigenvalue weighted by atomic mass is 19.1. The third kappa shape index (κ3) is 4.18. The summed E-state index contributed by atoms with van der Waals surface area (Å²) in [5.74, 6) is -0.117. The van der Waals surface area contributed by atoms with E-state index >= 15 is 0 Å². The fourth-order valence-corrected chi connectivity index (χ4v) is 4.72. The van der Waals surface area contributed by atoms with Crippen LogP contribution in [0.2, 0.25) is 0 Å². The van der Waals surface area contributed by atoms with Crippen LogP contribution in [0.4, 0.5) is 4.39 Å². The van der Waals surface area contributed by atoms with Crippen molar-refractivity contribution >= 4 is 5.91 Å². The Balaban J connectivity index is 1.56. The number of rotatable bonds is 3. The summed E-state index contributed by atoms with van der Waals surface area (Å²) in [6.07, 6.45) is 5.34. The standard InChI is InChI=1S/C21H30FN3O2/c22-18-6-4-17(5-7-18)19(24-12-2-1-3-13-24)20(26)25-14-15-27-21(16-25)8-10-23-11-9-21/h4-7,19,23H,1-3,8-16H2. The number of nitrogens with one attached hydrogen (secondary N) is 1. The van der Waals surface area contributed by atoms with Crippen molar-refractivity contribution < 1.29 is 13.9 Å². The van der Waals surface area contributed by atoms with Crippen molar-refractivity contribution in [2.24, 2.45) is 0 Å². The van der Waals surface area contributed by atoms with Gasteiger partial charge in [0.15, 0.2) is 0 Å². The Bertz CT molecular complexity index is 634. The summed E-state index contributed by atoms with van der Waals surface area (Å²) in [5.41, 5.74) is 0.697. The zero-order valence-corrected chi connectivity index (χ0v) is 16.0. The van der Waals surface area contributed by atoms with Gasteiger partial charge in [-0.25, -0.2) is 4.39 Å². The third-order valence-electron chi connectivity index (χ3n) is 6.25. The molecule has 148 valence electrons. The second kappa shape index (κ2) is 8.25. The summed E-state index contributed by atoms with van der Waals surface area (Å²) in [6, 6.07) is 6.16. The smallest absolute Gasteiger partial charge is 0.244 e. The highest BCUT2D eigenvalue weighted by Gasteiger charge is 2.41. The van der Waals surface area contributed by atoms with Crippen LogP contribution in [-0.4, -0.2) is 67.2 Å². The molecule has 6 heteroatoms. The molecular formula is C21H30FN3O2. The van der Waals surface area contributed by atoms with E-state index in [0.29, 0.717) is 19.7 Å². The second-order valence-corrected chi connectivity index (χ2v) is 8.09. The number of morpholine rings is 1. The number of likely N-dealkylation sites (tertiary alicyclic amines) is 1. The lowest BCUT2D eigenvalue weighted by atomic mass is 9.89. The molecule has 27 heavy (non-hydrogen) atoms. The predicted molar refractivity (Wildman–Crippen MR) is 102 cm³/mol. The minimum absolute atomic E-state index is 0.143. The van der Waals surface area contributed by atoms with Gasteiger partial charge in [0.2, 0.25) is 5.91 Å². The molecule has 3 aliphatic rings. The number of ether oxygens (including phenoxy) is 1. The highest BCUT2D eigenvalue weighted by molar-refractivity contribution is 5.83. The molecule has 3 heterocycles. The molecule has 1 spiro atoms. The van der Waals surface area contributed by atoms with Gasteiger partial charge in [0.1, 0.15) is 11.9 Å². The van der Waals surface area contributed by atoms with E-state index in [-0.39, 0.29) is 23.4 Å². The van der Waals surface area contributed by atoms with Crippen LogP contribution >= 0.6 is 0 Å². The van der Waals surface area contributed by atoms with Crippen molar-refractivity contribution in [1.82, 2.24) is 15.1 Å². The average Bonchev–Trinajstić information content (AvgIpc) is 2.71. The molecule has 3 aliphatic heterocycles. The van der Waals surface area contributed by atoms with Crippen molar-refractivity contribution in [3.05, 3.63) is 35.6 Å². The maximum Gasteiger partial charge on any atom is 0.244 e. The molecule has 1 aromatic carbocycles. The summed E-state index contributed by atoms with van der Waals surface area (Å²) in [4.78, 5) is 17.9. The first-order chi connectivity index (χ1) is 13.2. The Morgan fingerprint density at radius 1 is 1.07 bits per heavy atom. The van der Waals surface area contributed by atoms with E-state index < -0.39 is 0 Å². The van der Waals surface area contributed by atoms with E-state index in [1.165, 1.54) is 18.6 Å². The number of hydrogen-bond donors (Lipinski definition) is 1. The van der Waals surface area contributed by atoms with E-state index in [1.54, 1.807) is 12.1 Å². The Hall–Kier alpha value is -1.50. The fraction of sp³-hybridized carbons (Fsp3) is 0.667. The zero-order chi connectivity index (χ0) is 18.7. The molecule has 0 radical (unpaired) electrons. The first-order valence-electron chi connectivity index (χ1n) is 10.3. The van der Waals surface area contributed by atoms with Gasteiger partial charge >= 0.3 is 0 Å². The Kier molecular flexibility index (Phi) is 5.76. The summed E-state index contributed by atoms with van der Waals surface area (Å²) < 4.78 is 19.6. The lowest BCUT2D eigenvalue weighted by Crippen LogP contribution is -2.59. The number of piperidine rings is 2. The molecule has 1 atom stereocenters. The number of carbonyl (C=O) groups excluding carboxylic acids is 1. The number of halogens is 1. The molecule has 0 aliphatic carbocycles. The molecule has 3 fully saturated rings. The van der Waals surface area contributed by atoms with Crippen LogP contribution < -0.4 is 5.32 Å². The normalized spacial score (nSPS) is 24.7. The molecule has 1 aromatic rings. The van der Waals surface area contributed by atoms with Crippen LogP contribution in [0.3, 0.4) is 0 Å². The minimum atomic E-state index is -0.317. The van der Waals surface area contributed by atoms with Crippen molar-refractivity contribution in [1.29, 1.82) is 0 Å². The highest BCUT2D eigenvalue weighted by Crippen LogP contribution is 2.32. The monoisotopic (exact) mass is 375 g/mol. The number of nitrogens with zero attached hydrogens (tertiary/aromatic N) is 2. The van der Waals surface area contributed by atoms with Gasteiger partial charge in [0.05, 0.1) is 12.2 Å². The van der Waals surface area contributed by atoms with Crippen LogP contribution in [0, 0.1) is 5.82 Å². The van der Waals surface area contributed by atoms with Crippen molar-refractivity contribution in [3.63, 3.8) is 0 Å². The van der Waals surface area contributed by atoms with Gasteiger partial charge in [-0.15, -0.1) is 0 Å². The Morgan fingerprint density at radius 3 is 2.48 bits per heavy atom. The van der Waals surface area contributed by atoms with Crippen LogP contribution in [-0.2, 0) is 9.53 Å². The molecular weight excluding hydrogens is 345 g/mol. The van der Waals surface area contributed by atoms with E-state index in [0.717, 1.165) is 57.4 Å². The average molecular weight is 375 g/mol. The van der Waals surface area contributed by atoms with Crippen molar-refractivity contribution in [2.45, 2.75) is 43.7 Å². The summed E-state index contributed by atoms with van der Waals surface area (Å²) in [7, 11) is 0. The number of hydrogen-bond acceptors (Lipinski definition) is 4.